The van der Waals surface area contributed by atoms with Gasteiger partial charge < -0.3 is 15.0 Å². The van der Waals surface area contributed by atoms with E-state index in [4.69, 9.17) is 0 Å². The van der Waals surface area contributed by atoms with E-state index in [1.807, 2.05) is 4.90 Å². The Morgan fingerprint density at radius 2 is 2.17 bits per heavy atom. The molecule has 2 N–H and O–H groups in total. The van der Waals surface area contributed by atoms with Crippen LogP contribution in [0.15, 0.2) is 16.7 Å². The molecule has 6 heteroatoms. The monoisotopic (exact) mass is 315 g/mol. The summed E-state index contributed by atoms with van der Waals surface area (Å²) in [5.41, 5.74) is 0.617. The fourth-order valence-electron chi connectivity index (χ4n) is 2.17. The molecule has 0 bridgehead atoms. The quantitative estimate of drug-likeness (QED) is 0.872. The molecule has 1 aromatic heterocycles. The highest BCUT2D eigenvalue weighted by Gasteiger charge is 2.23. The largest absolute Gasteiger partial charge is 0.392 e. The number of H-pyrrole nitrogens is 1. The van der Waals surface area contributed by atoms with Crippen LogP contribution >= 0.6 is 15.9 Å². The molecular formula is C12H18BrN3O2. The lowest BCUT2D eigenvalue weighted by atomic mass is 10.2. The number of nitrogens with one attached hydrogen (secondary N) is 1. The molecule has 0 radical (unpaired) electrons. The van der Waals surface area contributed by atoms with Crippen molar-refractivity contribution in [3.63, 3.8) is 0 Å². The molecule has 100 valence electrons. The number of piperazine rings is 1. The van der Waals surface area contributed by atoms with Crippen molar-refractivity contribution >= 4 is 21.8 Å². The first-order chi connectivity index (χ1) is 8.56. The van der Waals surface area contributed by atoms with Gasteiger partial charge in [0.25, 0.3) is 5.91 Å². The topological polar surface area (TPSA) is 59.6 Å². The number of β-amino-alcohol motifs (C(OH)–C–C–N with tert-alkyl or cyclic N) is 1. The number of aromatic nitrogens is 1. The van der Waals surface area contributed by atoms with E-state index in [0.717, 1.165) is 17.6 Å². The summed E-state index contributed by atoms with van der Waals surface area (Å²) in [6.45, 7) is 5.52. The van der Waals surface area contributed by atoms with Crippen LogP contribution in [0.1, 0.15) is 17.4 Å². The maximum absolute atomic E-state index is 12.1. The fourth-order valence-corrected chi connectivity index (χ4v) is 2.51. The van der Waals surface area contributed by atoms with E-state index in [1.54, 1.807) is 19.2 Å². The van der Waals surface area contributed by atoms with Crippen molar-refractivity contribution in [1.29, 1.82) is 0 Å². The van der Waals surface area contributed by atoms with Gasteiger partial charge in [0.2, 0.25) is 0 Å². The van der Waals surface area contributed by atoms with Crippen LogP contribution in [0, 0.1) is 0 Å². The van der Waals surface area contributed by atoms with Crippen molar-refractivity contribution in [3.8, 4) is 0 Å². The minimum atomic E-state index is -0.313. The summed E-state index contributed by atoms with van der Waals surface area (Å²) in [6.07, 6.45) is 1.45. The van der Waals surface area contributed by atoms with Gasteiger partial charge in [-0.2, -0.15) is 0 Å². The molecule has 18 heavy (non-hydrogen) atoms. The maximum atomic E-state index is 12.1. The summed E-state index contributed by atoms with van der Waals surface area (Å²) in [6, 6.07) is 1.80. The summed E-state index contributed by atoms with van der Waals surface area (Å²) < 4.78 is 0.888. The molecule has 5 nitrogen and oxygen atoms in total. The van der Waals surface area contributed by atoms with E-state index in [2.05, 4.69) is 25.8 Å². The van der Waals surface area contributed by atoms with Crippen molar-refractivity contribution in [3.05, 3.63) is 22.4 Å². The second-order valence-corrected chi connectivity index (χ2v) is 5.59. The zero-order valence-electron chi connectivity index (χ0n) is 10.4. The molecule has 0 saturated carbocycles. The van der Waals surface area contributed by atoms with E-state index in [1.165, 1.54) is 0 Å². The van der Waals surface area contributed by atoms with Crippen LogP contribution < -0.4 is 0 Å². The highest BCUT2D eigenvalue weighted by atomic mass is 79.9. The second-order valence-electron chi connectivity index (χ2n) is 4.67. The molecule has 0 unspecified atom stereocenters. The number of aliphatic hydroxyl groups excluding tert-OH is 1. The van der Waals surface area contributed by atoms with E-state index in [0.29, 0.717) is 25.3 Å². The van der Waals surface area contributed by atoms with Crippen molar-refractivity contribution in [1.82, 2.24) is 14.8 Å². The Kier molecular flexibility index (Phi) is 4.42. The highest BCUT2D eigenvalue weighted by molar-refractivity contribution is 9.10. The Labute approximate surface area is 115 Å². The first-order valence-corrected chi connectivity index (χ1v) is 6.89. The summed E-state index contributed by atoms with van der Waals surface area (Å²) >= 11 is 3.32. The van der Waals surface area contributed by atoms with Gasteiger partial charge in [-0.25, -0.2) is 0 Å². The predicted octanol–water partition coefficient (Wildman–Crippen LogP) is 0.916. The van der Waals surface area contributed by atoms with Crippen LogP contribution in [0.5, 0.6) is 0 Å². The van der Waals surface area contributed by atoms with Crippen molar-refractivity contribution in [2.24, 2.45) is 0 Å². The number of aliphatic hydroxyl groups is 1. The predicted molar refractivity (Wildman–Crippen MR) is 72.5 cm³/mol. The molecule has 1 fully saturated rings. The van der Waals surface area contributed by atoms with E-state index in [9.17, 15) is 9.90 Å². The minimum Gasteiger partial charge on any atom is -0.392 e. The maximum Gasteiger partial charge on any atom is 0.270 e. The lowest BCUT2D eigenvalue weighted by molar-refractivity contribution is 0.0550. The molecular weight excluding hydrogens is 298 g/mol. The Bertz CT molecular complexity index is 411. The Morgan fingerprint density at radius 1 is 1.50 bits per heavy atom. The average Bonchev–Trinajstić information content (AvgIpc) is 2.75. The van der Waals surface area contributed by atoms with Gasteiger partial charge in [-0.3, -0.25) is 9.69 Å². The molecule has 1 atom stereocenters. The number of amides is 1. The third-order valence-electron chi connectivity index (χ3n) is 3.06. The normalized spacial score (nSPS) is 18.9. The average molecular weight is 316 g/mol. The van der Waals surface area contributed by atoms with Crippen LogP contribution in [-0.2, 0) is 0 Å². The zero-order valence-corrected chi connectivity index (χ0v) is 12.0. The number of hydrogen-bond donors (Lipinski definition) is 2. The molecule has 1 saturated heterocycles. The van der Waals surface area contributed by atoms with Gasteiger partial charge in [-0.05, 0) is 28.9 Å². The van der Waals surface area contributed by atoms with Gasteiger partial charge in [0.05, 0.1) is 6.10 Å². The number of rotatable bonds is 3. The summed E-state index contributed by atoms with van der Waals surface area (Å²) in [5, 5.41) is 9.33. The van der Waals surface area contributed by atoms with E-state index < -0.39 is 0 Å². The molecule has 0 aliphatic carbocycles. The standard InChI is InChI=1S/C12H18BrN3O2/c1-9(17)8-15-2-4-16(5-3-15)12(18)11-6-10(13)7-14-11/h6-7,9,14,17H,2-5,8H2,1H3/t9-/m0/s1. The van der Waals surface area contributed by atoms with Gasteiger partial charge in [-0.15, -0.1) is 0 Å². The summed E-state index contributed by atoms with van der Waals surface area (Å²) in [4.78, 5) is 19.1. The van der Waals surface area contributed by atoms with Gasteiger partial charge in [0, 0.05) is 43.4 Å². The van der Waals surface area contributed by atoms with E-state index in [-0.39, 0.29) is 12.0 Å². The molecule has 1 aliphatic rings. The highest BCUT2D eigenvalue weighted by Crippen LogP contribution is 2.13. The number of carbonyl (C=O) groups is 1. The molecule has 1 amide bonds. The molecule has 2 rings (SSSR count). The van der Waals surface area contributed by atoms with Crippen LogP contribution in [-0.4, -0.2) is 64.6 Å². The molecule has 1 aliphatic heterocycles. The summed E-state index contributed by atoms with van der Waals surface area (Å²) in [5.74, 6) is 0.0393. The van der Waals surface area contributed by atoms with Crippen molar-refractivity contribution in [2.45, 2.75) is 13.0 Å². The number of aromatic amines is 1. The van der Waals surface area contributed by atoms with Gasteiger partial charge in [-0.1, -0.05) is 0 Å². The van der Waals surface area contributed by atoms with E-state index >= 15 is 0 Å². The number of halogens is 1. The van der Waals surface area contributed by atoms with Crippen LogP contribution in [0.25, 0.3) is 0 Å². The molecule has 2 heterocycles. The Hall–Kier alpha value is -0.850. The van der Waals surface area contributed by atoms with Gasteiger partial charge in [0.15, 0.2) is 0 Å². The fraction of sp³-hybridized carbons (Fsp3) is 0.583. The third kappa shape index (κ3) is 3.34. The van der Waals surface area contributed by atoms with Crippen molar-refractivity contribution in [2.75, 3.05) is 32.7 Å². The SMILES string of the molecule is C[C@H](O)CN1CCN(C(=O)c2cc(Br)c[nH]2)CC1. The van der Waals surface area contributed by atoms with Crippen LogP contribution in [0.4, 0.5) is 0 Å². The van der Waals surface area contributed by atoms with Crippen LogP contribution in [0.2, 0.25) is 0 Å². The summed E-state index contributed by atoms with van der Waals surface area (Å²) in [7, 11) is 0. The third-order valence-corrected chi connectivity index (χ3v) is 3.52. The second kappa shape index (κ2) is 5.86. The number of hydrogen-bond acceptors (Lipinski definition) is 3. The molecule has 0 aromatic carbocycles. The van der Waals surface area contributed by atoms with Gasteiger partial charge >= 0.3 is 0 Å². The first-order valence-electron chi connectivity index (χ1n) is 6.10. The van der Waals surface area contributed by atoms with Crippen molar-refractivity contribution < 1.29 is 9.90 Å². The Morgan fingerprint density at radius 3 is 2.67 bits per heavy atom. The number of carbonyl (C=O) groups excluding carboxylic acids is 1. The Balaban J connectivity index is 1.88. The van der Waals surface area contributed by atoms with Crippen LogP contribution in [0.3, 0.4) is 0 Å². The smallest absolute Gasteiger partial charge is 0.270 e. The van der Waals surface area contributed by atoms with Gasteiger partial charge in [0.1, 0.15) is 5.69 Å². The number of nitrogens with zero attached hydrogens (tertiary/aromatic N) is 2. The lowest BCUT2D eigenvalue weighted by Gasteiger charge is -2.35. The lowest BCUT2D eigenvalue weighted by Crippen LogP contribution is -2.50. The molecule has 0 spiro atoms. The zero-order chi connectivity index (χ0) is 13.1. The first kappa shape index (κ1) is 13.6. The molecule has 1 aromatic rings. The minimum absolute atomic E-state index is 0.0393.